The van der Waals surface area contributed by atoms with Crippen molar-refractivity contribution in [2.45, 2.75) is 221 Å². The topological polar surface area (TPSA) is 154 Å². The molecule has 0 rings (SSSR count). The molecular formula is C40H84KNaO12P2. The van der Waals surface area contributed by atoms with Crippen LogP contribution in [0.1, 0.15) is 221 Å². The summed E-state index contributed by atoms with van der Waals surface area (Å²) in [6, 6.07) is 0. The normalized spacial score (nSPS) is 13.5. The zero-order valence-electron chi connectivity index (χ0n) is 37.6. The first-order valence-corrected chi connectivity index (χ1v) is 24.7. The van der Waals surface area contributed by atoms with Crippen molar-refractivity contribution >= 4 is 15.6 Å². The van der Waals surface area contributed by atoms with Gasteiger partial charge in [0.05, 0.1) is 26.4 Å². The van der Waals surface area contributed by atoms with Gasteiger partial charge in [0, 0.05) is 0 Å². The van der Waals surface area contributed by atoms with Gasteiger partial charge in [0.25, 0.3) is 0 Å². The van der Waals surface area contributed by atoms with E-state index in [-0.39, 0.29) is 107 Å². The fourth-order valence-electron chi connectivity index (χ4n) is 5.51. The Kier molecular flexibility index (Phi) is 58.7. The average Bonchev–Trinajstić information content (AvgIpc) is 3.11. The average molecular weight is 881 g/mol. The van der Waals surface area contributed by atoms with Crippen LogP contribution >= 0.6 is 15.6 Å². The maximum atomic E-state index is 11.4. The van der Waals surface area contributed by atoms with E-state index < -0.39 is 15.6 Å². The predicted octanol–water partition coefficient (Wildman–Crippen LogP) is 6.99. The molecule has 0 aromatic heterocycles. The van der Waals surface area contributed by atoms with Gasteiger partial charge in [0.1, 0.15) is 0 Å². The molecule has 0 aliphatic heterocycles. The fraction of sp³-hybridized carbons (Fsp3) is 1.00. The number of rotatable bonds is 42. The van der Waals surface area contributed by atoms with Crippen LogP contribution in [0.5, 0.6) is 0 Å². The van der Waals surface area contributed by atoms with Crippen LogP contribution in [0.3, 0.4) is 0 Å². The van der Waals surface area contributed by atoms with E-state index in [4.69, 9.17) is 9.78 Å². The van der Waals surface area contributed by atoms with Crippen LogP contribution in [0.2, 0.25) is 0 Å². The second kappa shape index (κ2) is 50.3. The molecule has 0 saturated heterocycles. The van der Waals surface area contributed by atoms with E-state index in [2.05, 4.69) is 70.0 Å². The minimum Gasteiger partial charge on any atom is -0.753 e. The second-order valence-electron chi connectivity index (χ2n) is 15.3. The molecule has 56 heavy (non-hydrogen) atoms. The van der Waals surface area contributed by atoms with Gasteiger partial charge in [0.15, 0.2) is 0 Å². The van der Waals surface area contributed by atoms with E-state index in [9.17, 15) is 18.9 Å². The monoisotopic (exact) mass is 880 g/mol. The molecule has 0 N–H and O–H groups in total. The molecule has 0 fully saturated rings. The number of hydrogen-bond donors (Lipinski definition) is 0. The first-order chi connectivity index (χ1) is 26.0. The molecule has 0 heterocycles. The van der Waals surface area contributed by atoms with Crippen molar-refractivity contribution in [1.29, 1.82) is 0 Å². The Labute approximate surface area is 409 Å². The van der Waals surface area contributed by atoms with E-state index in [0.717, 1.165) is 89.9 Å². The van der Waals surface area contributed by atoms with E-state index in [1.165, 1.54) is 89.9 Å². The Morgan fingerprint density at radius 3 is 0.786 bits per heavy atom. The molecule has 0 saturated carbocycles. The van der Waals surface area contributed by atoms with Gasteiger partial charge < -0.3 is 9.79 Å². The van der Waals surface area contributed by atoms with Crippen molar-refractivity contribution in [2.24, 2.45) is 11.8 Å². The van der Waals surface area contributed by atoms with Gasteiger partial charge in [-0.3, -0.25) is 9.13 Å². The Hall–Kier alpha value is 2.70. The molecular weight excluding hydrogens is 796 g/mol. The van der Waals surface area contributed by atoms with Gasteiger partial charge in [0.2, 0.25) is 0 Å². The Morgan fingerprint density at radius 2 is 0.571 bits per heavy atom. The molecule has 2 unspecified atom stereocenters. The third kappa shape index (κ3) is 58.8. The quantitative estimate of drug-likeness (QED) is 0.0204. The van der Waals surface area contributed by atoms with Gasteiger partial charge in [-0.2, -0.15) is 18.7 Å². The maximum Gasteiger partial charge on any atom is 1.00 e. The van der Waals surface area contributed by atoms with Crippen molar-refractivity contribution in [3.63, 3.8) is 0 Å². The van der Waals surface area contributed by atoms with Gasteiger partial charge in [-0.05, 0) is 37.5 Å². The molecule has 0 bridgehead atoms. The van der Waals surface area contributed by atoms with E-state index in [0.29, 0.717) is 11.8 Å². The smallest absolute Gasteiger partial charge is 0.753 e. The second-order valence-corrected chi connectivity index (χ2v) is 17.7. The fourth-order valence-corrected chi connectivity index (χ4v) is 6.37. The maximum absolute atomic E-state index is 11.4. The van der Waals surface area contributed by atoms with Crippen LogP contribution in [-0.2, 0) is 47.4 Å². The molecule has 328 valence electrons. The first kappa shape index (κ1) is 65.3. The molecule has 0 amide bonds. The molecule has 0 aliphatic carbocycles. The number of phosphoric acid groups is 2. The van der Waals surface area contributed by atoms with Gasteiger partial charge in [-0.1, -0.05) is 196 Å². The summed E-state index contributed by atoms with van der Waals surface area (Å²) in [6.45, 7) is 14.1. The Morgan fingerprint density at radius 1 is 0.375 bits per heavy atom. The summed E-state index contributed by atoms with van der Waals surface area (Å²) in [5.74, 6) is 1.37. The third-order valence-electron chi connectivity index (χ3n) is 8.76. The molecule has 0 aromatic rings. The van der Waals surface area contributed by atoms with Gasteiger partial charge in [-0.25, -0.2) is 19.6 Å². The summed E-state index contributed by atoms with van der Waals surface area (Å²) < 4.78 is 40.1. The number of unbranched alkanes of at least 4 members (excludes halogenated alkanes) is 22. The zero-order valence-corrected chi connectivity index (χ0v) is 44.5. The Balaban J connectivity index is -0.000000466. The summed E-state index contributed by atoms with van der Waals surface area (Å²) in [5, 5.41) is 0. The summed E-state index contributed by atoms with van der Waals surface area (Å²) in [7, 11) is -9.08. The van der Waals surface area contributed by atoms with E-state index in [1.807, 2.05) is 0 Å². The standard InChI is InChI=1S/2C20H43O6P.K.Na/c2*1-4-5-6-7-8-9-10-11-12-15-18-23-25-27(21,22)26-24-19-16-13-14-17-20(2)3;;/h2*20H,4-19H2,1-3H3,(H,21,22);;/q;;2*+1/p-2. The van der Waals surface area contributed by atoms with Crippen LogP contribution < -0.4 is 90.7 Å². The van der Waals surface area contributed by atoms with E-state index >= 15 is 0 Å². The SMILES string of the molecule is CCCCCCCCCCCCOOP(=O)([O-])OOCCCCCC(C)C.CCCCCCCCCCCCOOP(=O)([O-])OOCCCCCC(C)C.[K+].[Na+]. The van der Waals surface area contributed by atoms with Crippen molar-refractivity contribution in [3.05, 3.63) is 0 Å². The van der Waals surface area contributed by atoms with Crippen LogP contribution in [0, 0.1) is 11.8 Å². The zero-order chi connectivity index (χ0) is 40.4. The van der Waals surface area contributed by atoms with Crippen molar-refractivity contribution in [1.82, 2.24) is 0 Å². The predicted molar refractivity (Wildman–Crippen MR) is 214 cm³/mol. The van der Waals surface area contributed by atoms with Crippen molar-refractivity contribution in [2.75, 3.05) is 26.4 Å². The molecule has 12 nitrogen and oxygen atoms in total. The minimum absolute atomic E-state index is 0. The van der Waals surface area contributed by atoms with Crippen molar-refractivity contribution in [3.8, 4) is 0 Å². The summed E-state index contributed by atoms with van der Waals surface area (Å²) in [5.41, 5.74) is 0. The summed E-state index contributed by atoms with van der Waals surface area (Å²) >= 11 is 0. The summed E-state index contributed by atoms with van der Waals surface area (Å²) in [6.07, 6.45) is 32.1. The molecule has 2 atom stereocenters. The van der Waals surface area contributed by atoms with E-state index in [1.54, 1.807) is 0 Å². The molecule has 0 aromatic carbocycles. The van der Waals surface area contributed by atoms with Crippen LogP contribution in [-0.4, -0.2) is 26.4 Å². The van der Waals surface area contributed by atoms with Crippen molar-refractivity contribution < 1.29 is 138 Å². The minimum atomic E-state index is -4.54. The third-order valence-corrected chi connectivity index (χ3v) is 9.91. The first-order valence-electron chi connectivity index (χ1n) is 21.8. The number of hydrogen-bond acceptors (Lipinski definition) is 12. The van der Waals surface area contributed by atoms with Crippen LogP contribution in [0.15, 0.2) is 0 Å². The van der Waals surface area contributed by atoms with Crippen LogP contribution in [0.25, 0.3) is 0 Å². The van der Waals surface area contributed by atoms with Crippen LogP contribution in [0.4, 0.5) is 0 Å². The van der Waals surface area contributed by atoms with Gasteiger partial charge >= 0.3 is 96.6 Å². The molecule has 0 spiro atoms. The Bertz CT molecular complexity index is 783. The molecule has 16 heteroatoms. The van der Waals surface area contributed by atoms with Gasteiger partial charge in [-0.15, -0.1) is 0 Å². The summed E-state index contributed by atoms with van der Waals surface area (Å²) in [4.78, 5) is 41.6. The largest absolute Gasteiger partial charge is 1.00 e. The molecule has 0 aliphatic rings. The molecule has 0 radical (unpaired) electrons.